The van der Waals surface area contributed by atoms with Gasteiger partial charge in [-0.25, -0.2) is 5.48 Å². The van der Waals surface area contributed by atoms with E-state index in [2.05, 4.69) is 31.2 Å². The maximum atomic E-state index is 12.8. The van der Waals surface area contributed by atoms with Crippen molar-refractivity contribution in [2.75, 3.05) is 0 Å². The summed E-state index contributed by atoms with van der Waals surface area (Å²) in [5.74, 6) is -0.635. The Balaban J connectivity index is 1.89. The van der Waals surface area contributed by atoms with Crippen molar-refractivity contribution in [2.45, 2.75) is 32.7 Å². The lowest BCUT2D eigenvalue weighted by atomic mass is 10.1. The molecule has 1 heterocycles. The molecule has 2 aromatic carbocycles. The molecule has 0 fully saturated rings. The van der Waals surface area contributed by atoms with E-state index in [1.807, 2.05) is 6.07 Å². The van der Waals surface area contributed by atoms with Crippen LogP contribution in [0.4, 0.5) is 0 Å². The molecule has 0 atom stereocenters. The number of carbonyl (C=O) groups excluding carboxylic acids is 1. The summed E-state index contributed by atoms with van der Waals surface area (Å²) in [7, 11) is 0. The van der Waals surface area contributed by atoms with E-state index in [4.69, 9.17) is 5.21 Å². The van der Waals surface area contributed by atoms with E-state index < -0.39 is 5.91 Å². The fourth-order valence-corrected chi connectivity index (χ4v) is 3.00. The molecule has 0 unspecified atom stereocenters. The molecule has 26 heavy (non-hydrogen) atoms. The third-order valence-electron chi connectivity index (χ3n) is 4.54. The number of hydrogen-bond donors (Lipinski definition) is 2. The molecular formula is C21H22N2O3. The van der Waals surface area contributed by atoms with Crippen molar-refractivity contribution in [1.29, 1.82) is 0 Å². The number of fused-ring (bicyclic) bond motifs is 1. The molecule has 5 heteroatoms. The second-order valence-corrected chi connectivity index (χ2v) is 6.41. The number of hydroxylamine groups is 1. The molecule has 1 aromatic heterocycles. The number of aryl methyl sites for hydroxylation is 1. The van der Waals surface area contributed by atoms with E-state index in [1.54, 1.807) is 28.4 Å². The Labute approximate surface area is 151 Å². The minimum absolute atomic E-state index is 0.162. The number of amides is 1. The number of nitrogens with one attached hydrogen (secondary N) is 1. The Morgan fingerprint density at radius 3 is 2.50 bits per heavy atom. The first-order chi connectivity index (χ1) is 12.6. The first kappa shape index (κ1) is 17.9. The molecule has 0 saturated carbocycles. The molecule has 0 radical (unpaired) electrons. The smallest absolute Gasteiger partial charge is 0.274 e. The van der Waals surface area contributed by atoms with E-state index in [0.29, 0.717) is 11.9 Å². The van der Waals surface area contributed by atoms with Gasteiger partial charge in [-0.05, 0) is 47.6 Å². The first-order valence-electron chi connectivity index (χ1n) is 8.78. The van der Waals surface area contributed by atoms with Crippen LogP contribution in [0.25, 0.3) is 10.8 Å². The number of carbonyl (C=O) groups is 1. The van der Waals surface area contributed by atoms with E-state index in [-0.39, 0.29) is 11.1 Å². The maximum absolute atomic E-state index is 12.8. The highest BCUT2D eigenvalue weighted by atomic mass is 16.5. The Hall–Kier alpha value is -2.92. The Kier molecular flexibility index (Phi) is 5.49. The van der Waals surface area contributed by atoms with Gasteiger partial charge in [0.2, 0.25) is 0 Å². The van der Waals surface area contributed by atoms with Gasteiger partial charge < -0.3 is 4.57 Å². The molecule has 1 amide bonds. The largest absolute Gasteiger partial charge is 0.311 e. The number of benzene rings is 2. The number of aromatic nitrogens is 1. The van der Waals surface area contributed by atoms with Crippen LogP contribution < -0.4 is 11.0 Å². The third-order valence-corrected chi connectivity index (χ3v) is 4.54. The van der Waals surface area contributed by atoms with Gasteiger partial charge in [0.1, 0.15) is 0 Å². The van der Waals surface area contributed by atoms with Crippen molar-refractivity contribution in [3.05, 3.63) is 81.8 Å². The normalized spacial score (nSPS) is 10.8. The molecule has 0 saturated heterocycles. The zero-order chi connectivity index (χ0) is 18.5. The van der Waals surface area contributed by atoms with Crippen LogP contribution in [0, 0.1) is 0 Å². The third kappa shape index (κ3) is 3.83. The SMILES string of the molecule is CCCCc1ccc(Cn2ccc3ccc(C(=O)NO)cc3c2=O)cc1. The molecule has 3 rings (SSSR count). The van der Waals surface area contributed by atoms with Gasteiger partial charge in [-0.2, -0.15) is 0 Å². The first-order valence-corrected chi connectivity index (χ1v) is 8.78. The molecular weight excluding hydrogens is 328 g/mol. The molecule has 5 nitrogen and oxygen atoms in total. The van der Waals surface area contributed by atoms with Gasteiger partial charge in [0.25, 0.3) is 11.5 Å². The van der Waals surface area contributed by atoms with E-state index in [1.165, 1.54) is 24.5 Å². The van der Waals surface area contributed by atoms with E-state index in [9.17, 15) is 9.59 Å². The van der Waals surface area contributed by atoms with Crippen LogP contribution >= 0.6 is 0 Å². The van der Waals surface area contributed by atoms with Crippen LogP contribution in [-0.4, -0.2) is 15.7 Å². The predicted molar refractivity (Wildman–Crippen MR) is 102 cm³/mol. The van der Waals surface area contributed by atoms with Crippen molar-refractivity contribution in [1.82, 2.24) is 10.0 Å². The summed E-state index contributed by atoms with van der Waals surface area (Å²) in [6, 6.07) is 15.0. The average molecular weight is 350 g/mol. The van der Waals surface area contributed by atoms with Crippen LogP contribution in [0.5, 0.6) is 0 Å². The van der Waals surface area contributed by atoms with Crippen LogP contribution in [0.15, 0.2) is 59.5 Å². The minimum Gasteiger partial charge on any atom is -0.311 e. The maximum Gasteiger partial charge on any atom is 0.274 e. The summed E-state index contributed by atoms with van der Waals surface area (Å²) in [6.45, 7) is 2.65. The van der Waals surface area contributed by atoms with Gasteiger partial charge in [-0.1, -0.05) is 43.7 Å². The van der Waals surface area contributed by atoms with Gasteiger partial charge in [0.05, 0.1) is 6.54 Å². The summed E-state index contributed by atoms with van der Waals surface area (Å²) >= 11 is 0. The Bertz CT molecular complexity index is 975. The lowest BCUT2D eigenvalue weighted by Gasteiger charge is -2.09. The van der Waals surface area contributed by atoms with Crippen molar-refractivity contribution in [2.24, 2.45) is 0 Å². The van der Waals surface area contributed by atoms with Gasteiger partial charge in [0.15, 0.2) is 0 Å². The molecule has 0 bridgehead atoms. The summed E-state index contributed by atoms with van der Waals surface area (Å²) in [5.41, 5.74) is 4.03. The minimum atomic E-state index is -0.635. The van der Waals surface area contributed by atoms with Gasteiger partial charge in [-0.3, -0.25) is 14.8 Å². The highest BCUT2D eigenvalue weighted by Crippen LogP contribution is 2.14. The van der Waals surface area contributed by atoms with Crippen molar-refractivity contribution in [3.8, 4) is 0 Å². The summed E-state index contributed by atoms with van der Waals surface area (Å²) in [6.07, 6.45) is 5.18. The van der Waals surface area contributed by atoms with Gasteiger partial charge >= 0.3 is 0 Å². The fourth-order valence-electron chi connectivity index (χ4n) is 3.00. The van der Waals surface area contributed by atoms with E-state index in [0.717, 1.165) is 17.4 Å². The van der Waals surface area contributed by atoms with Gasteiger partial charge in [0, 0.05) is 17.1 Å². The highest BCUT2D eigenvalue weighted by molar-refractivity contribution is 5.97. The van der Waals surface area contributed by atoms with Crippen LogP contribution in [-0.2, 0) is 13.0 Å². The van der Waals surface area contributed by atoms with Crippen molar-refractivity contribution < 1.29 is 10.0 Å². The lowest BCUT2D eigenvalue weighted by molar-refractivity contribution is 0.0706. The predicted octanol–water partition coefficient (Wildman–Crippen LogP) is 3.51. The van der Waals surface area contributed by atoms with Crippen molar-refractivity contribution >= 4 is 16.7 Å². The number of rotatable bonds is 6. The molecule has 3 aromatic rings. The summed E-state index contributed by atoms with van der Waals surface area (Å²) in [4.78, 5) is 24.4. The van der Waals surface area contributed by atoms with E-state index >= 15 is 0 Å². The number of unbranched alkanes of at least 4 members (excludes halogenated alkanes) is 1. The molecule has 0 aliphatic rings. The fraction of sp³-hybridized carbons (Fsp3) is 0.238. The van der Waals surface area contributed by atoms with Crippen LogP contribution in [0.3, 0.4) is 0 Å². The summed E-state index contributed by atoms with van der Waals surface area (Å²) < 4.78 is 1.63. The van der Waals surface area contributed by atoms with Gasteiger partial charge in [-0.15, -0.1) is 0 Å². The standard InChI is InChI=1S/C21H22N2O3/c1-2-3-4-15-5-7-16(8-6-15)14-23-12-11-17-9-10-18(20(24)22-26)13-19(17)21(23)25/h5-13,26H,2-4,14H2,1H3,(H,22,24). The molecule has 2 N–H and O–H groups in total. The second kappa shape index (κ2) is 7.97. The highest BCUT2D eigenvalue weighted by Gasteiger charge is 2.09. The Morgan fingerprint density at radius 2 is 1.81 bits per heavy atom. The lowest BCUT2D eigenvalue weighted by Crippen LogP contribution is -2.22. The molecule has 0 aliphatic carbocycles. The quantitative estimate of drug-likeness (QED) is 0.528. The number of nitrogens with zero attached hydrogens (tertiary/aromatic N) is 1. The zero-order valence-corrected chi connectivity index (χ0v) is 14.7. The summed E-state index contributed by atoms with van der Waals surface area (Å²) in [5, 5.41) is 9.98. The number of hydrogen-bond acceptors (Lipinski definition) is 3. The molecule has 0 spiro atoms. The van der Waals surface area contributed by atoms with Crippen LogP contribution in [0.1, 0.15) is 41.3 Å². The monoisotopic (exact) mass is 350 g/mol. The van der Waals surface area contributed by atoms with Crippen LogP contribution in [0.2, 0.25) is 0 Å². The second-order valence-electron chi connectivity index (χ2n) is 6.41. The average Bonchev–Trinajstić information content (AvgIpc) is 2.68. The van der Waals surface area contributed by atoms with Crippen molar-refractivity contribution in [3.63, 3.8) is 0 Å². The zero-order valence-electron chi connectivity index (χ0n) is 14.7. The topological polar surface area (TPSA) is 71.3 Å². The molecule has 134 valence electrons. The molecule has 0 aliphatic heterocycles. The number of pyridine rings is 1. The Morgan fingerprint density at radius 1 is 1.08 bits per heavy atom.